The van der Waals surface area contributed by atoms with Gasteiger partial charge in [0.1, 0.15) is 0 Å². The maximum absolute atomic E-state index is 10.4. The molecule has 0 aliphatic carbocycles. The number of rotatable bonds is 9. The average molecular weight is 279 g/mol. The van der Waals surface area contributed by atoms with E-state index in [-0.39, 0.29) is 0 Å². The lowest BCUT2D eigenvalue weighted by molar-refractivity contribution is 0.0825. The van der Waals surface area contributed by atoms with Gasteiger partial charge in [-0.05, 0) is 23.5 Å². The van der Waals surface area contributed by atoms with Crippen molar-refractivity contribution in [3.63, 3.8) is 0 Å². The van der Waals surface area contributed by atoms with Gasteiger partial charge in [0.15, 0.2) is 0 Å². The van der Waals surface area contributed by atoms with Crippen molar-refractivity contribution in [3.05, 3.63) is 35.4 Å². The number of hydrogen-bond donors (Lipinski definition) is 1. The van der Waals surface area contributed by atoms with E-state index in [9.17, 15) is 5.11 Å². The fraction of sp³-hybridized carbons (Fsp3) is 0.647. The zero-order chi connectivity index (χ0) is 15.0. The van der Waals surface area contributed by atoms with Crippen LogP contribution in [0.15, 0.2) is 24.3 Å². The van der Waals surface area contributed by atoms with Crippen molar-refractivity contribution in [2.75, 3.05) is 33.4 Å². The van der Waals surface area contributed by atoms with Gasteiger partial charge in [-0.15, -0.1) is 0 Å². The Morgan fingerprint density at radius 1 is 1.15 bits per heavy atom. The molecule has 0 amide bonds. The molecule has 1 N–H and O–H groups in total. The summed E-state index contributed by atoms with van der Waals surface area (Å²) in [5.41, 5.74) is 2.30. The van der Waals surface area contributed by atoms with Crippen LogP contribution in [0.2, 0.25) is 0 Å². The van der Waals surface area contributed by atoms with Gasteiger partial charge in [0, 0.05) is 26.7 Å². The van der Waals surface area contributed by atoms with Crippen LogP contribution in [0.1, 0.15) is 38.0 Å². The lowest BCUT2D eigenvalue weighted by atomic mass is 10.0. The maximum atomic E-state index is 10.4. The summed E-state index contributed by atoms with van der Waals surface area (Å²) in [7, 11) is 1.72. The highest BCUT2D eigenvalue weighted by molar-refractivity contribution is 5.24. The first-order valence-electron chi connectivity index (χ1n) is 7.55. The minimum Gasteiger partial charge on any atom is -0.387 e. The van der Waals surface area contributed by atoms with E-state index in [4.69, 9.17) is 4.74 Å². The summed E-state index contributed by atoms with van der Waals surface area (Å²) in [6.07, 6.45) is 0.598. The molecule has 0 aliphatic rings. The Bertz CT molecular complexity index is 362. The molecule has 3 heteroatoms. The molecule has 0 heterocycles. The fourth-order valence-electron chi connectivity index (χ4n) is 2.32. The molecular formula is C17H29NO2. The van der Waals surface area contributed by atoms with E-state index in [2.05, 4.69) is 37.8 Å². The molecule has 0 saturated carbocycles. The number of methoxy groups -OCH3 is 1. The summed E-state index contributed by atoms with van der Waals surface area (Å²) in [6, 6.07) is 8.27. The van der Waals surface area contributed by atoms with E-state index in [0.717, 1.165) is 25.1 Å². The SMILES string of the molecule is CCc1ccc(C(O)CN(CCOC)CC(C)C)cc1. The number of hydrogen-bond acceptors (Lipinski definition) is 3. The Morgan fingerprint density at radius 3 is 2.30 bits per heavy atom. The number of nitrogens with zero attached hydrogens (tertiary/aromatic N) is 1. The fourth-order valence-corrected chi connectivity index (χ4v) is 2.32. The number of aliphatic hydroxyl groups excluding tert-OH is 1. The van der Waals surface area contributed by atoms with Gasteiger partial charge >= 0.3 is 0 Å². The van der Waals surface area contributed by atoms with E-state index in [1.54, 1.807) is 7.11 Å². The Balaban J connectivity index is 2.60. The second kappa shape index (κ2) is 9.11. The summed E-state index contributed by atoms with van der Waals surface area (Å²) in [5.74, 6) is 0.585. The minimum absolute atomic E-state index is 0.434. The molecule has 1 atom stereocenters. The number of aryl methyl sites for hydroxylation is 1. The van der Waals surface area contributed by atoms with Gasteiger partial charge in [-0.3, -0.25) is 4.90 Å². The van der Waals surface area contributed by atoms with Gasteiger partial charge in [0.25, 0.3) is 0 Å². The van der Waals surface area contributed by atoms with Crippen LogP contribution in [0, 0.1) is 5.92 Å². The third kappa shape index (κ3) is 6.04. The van der Waals surface area contributed by atoms with Crippen LogP contribution >= 0.6 is 0 Å². The van der Waals surface area contributed by atoms with Crippen LogP contribution in [0.4, 0.5) is 0 Å². The maximum Gasteiger partial charge on any atom is 0.0916 e. The van der Waals surface area contributed by atoms with Crippen LogP contribution in [-0.2, 0) is 11.2 Å². The van der Waals surface area contributed by atoms with E-state index < -0.39 is 6.10 Å². The molecule has 20 heavy (non-hydrogen) atoms. The van der Waals surface area contributed by atoms with Crippen molar-refractivity contribution in [3.8, 4) is 0 Å². The first kappa shape index (κ1) is 17.2. The van der Waals surface area contributed by atoms with Crippen LogP contribution in [0.25, 0.3) is 0 Å². The summed E-state index contributed by atoms with van der Waals surface area (Å²) >= 11 is 0. The van der Waals surface area contributed by atoms with E-state index >= 15 is 0 Å². The smallest absolute Gasteiger partial charge is 0.0916 e. The Morgan fingerprint density at radius 2 is 1.80 bits per heavy atom. The first-order valence-corrected chi connectivity index (χ1v) is 7.55. The molecule has 0 saturated heterocycles. The van der Waals surface area contributed by atoms with Crippen LogP contribution in [0.5, 0.6) is 0 Å². The molecule has 0 radical (unpaired) electrons. The normalized spacial score (nSPS) is 13.2. The summed E-state index contributed by atoms with van der Waals surface area (Å²) in [4.78, 5) is 2.27. The van der Waals surface area contributed by atoms with Crippen LogP contribution in [0.3, 0.4) is 0 Å². The lowest BCUT2D eigenvalue weighted by Crippen LogP contribution is -2.34. The average Bonchev–Trinajstić information content (AvgIpc) is 2.44. The highest BCUT2D eigenvalue weighted by Crippen LogP contribution is 2.16. The number of aliphatic hydroxyl groups is 1. The quantitative estimate of drug-likeness (QED) is 0.754. The Kier molecular flexibility index (Phi) is 7.82. The second-order valence-electron chi connectivity index (χ2n) is 5.76. The molecule has 1 unspecified atom stereocenters. The van der Waals surface area contributed by atoms with Gasteiger partial charge in [-0.1, -0.05) is 45.0 Å². The van der Waals surface area contributed by atoms with Crippen molar-refractivity contribution in [1.29, 1.82) is 0 Å². The third-order valence-corrected chi connectivity index (χ3v) is 3.44. The third-order valence-electron chi connectivity index (χ3n) is 3.44. The highest BCUT2D eigenvalue weighted by atomic mass is 16.5. The van der Waals surface area contributed by atoms with Crippen molar-refractivity contribution in [2.45, 2.75) is 33.3 Å². The zero-order valence-corrected chi connectivity index (χ0v) is 13.3. The molecule has 1 aromatic rings. The summed E-state index contributed by atoms with van der Waals surface area (Å²) < 4.78 is 5.15. The van der Waals surface area contributed by atoms with Crippen LogP contribution in [-0.4, -0.2) is 43.4 Å². The Hall–Kier alpha value is -0.900. The standard InChI is InChI=1S/C17H29NO2/c1-5-15-6-8-16(9-7-15)17(19)13-18(10-11-20-4)12-14(2)3/h6-9,14,17,19H,5,10-13H2,1-4H3. The van der Waals surface area contributed by atoms with Gasteiger partial charge < -0.3 is 9.84 Å². The van der Waals surface area contributed by atoms with E-state index in [1.807, 2.05) is 12.1 Å². The van der Waals surface area contributed by atoms with E-state index in [0.29, 0.717) is 19.1 Å². The van der Waals surface area contributed by atoms with Crippen molar-refractivity contribution < 1.29 is 9.84 Å². The zero-order valence-electron chi connectivity index (χ0n) is 13.3. The van der Waals surface area contributed by atoms with Gasteiger partial charge in [0.05, 0.1) is 12.7 Å². The predicted molar refractivity (Wildman–Crippen MR) is 83.9 cm³/mol. The molecule has 0 bridgehead atoms. The van der Waals surface area contributed by atoms with E-state index in [1.165, 1.54) is 5.56 Å². The second-order valence-corrected chi connectivity index (χ2v) is 5.76. The van der Waals surface area contributed by atoms with Crippen molar-refractivity contribution >= 4 is 0 Å². The monoisotopic (exact) mass is 279 g/mol. The van der Waals surface area contributed by atoms with Gasteiger partial charge in [-0.2, -0.15) is 0 Å². The molecular weight excluding hydrogens is 250 g/mol. The molecule has 0 fully saturated rings. The summed E-state index contributed by atoms with van der Waals surface area (Å²) in [5, 5.41) is 10.4. The largest absolute Gasteiger partial charge is 0.387 e. The highest BCUT2D eigenvalue weighted by Gasteiger charge is 2.14. The van der Waals surface area contributed by atoms with Gasteiger partial charge in [0.2, 0.25) is 0 Å². The molecule has 3 nitrogen and oxygen atoms in total. The van der Waals surface area contributed by atoms with Crippen molar-refractivity contribution in [2.24, 2.45) is 5.92 Å². The molecule has 0 aromatic heterocycles. The molecule has 114 valence electrons. The number of ether oxygens (including phenoxy) is 1. The van der Waals surface area contributed by atoms with Crippen LogP contribution < -0.4 is 0 Å². The number of benzene rings is 1. The minimum atomic E-state index is -0.434. The molecule has 0 aliphatic heterocycles. The topological polar surface area (TPSA) is 32.7 Å². The first-order chi connectivity index (χ1) is 9.56. The molecule has 1 aromatic carbocycles. The van der Waals surface area contributed by atoms with Crippen molar-refractivity contribution in [1.82, 2.24) is 4.90 Å². The molecule has 1 rings (SSSR count). The lowest BCUT2D eigenvalue weighted by Gasteiger charge is -2.26. The van der Waals surface area contributed by atoms with Gasteiger partial charge in [-0.25, -0.2) is 0 Å². The summed E-state index contributed by atoms with van der Waals surface area (Å²) in [6.45, 7) is 9.73. The molecule has 0 spiro atoms. The Labute approximate surface area is 123 Å². The predicted octanol–water partition coefficient (Wildman–Crippen LogP) is 2.89.